The first kappa shape index (κ1) is 23.8. The van der Waals surface area contributed by atoms with Gasteiger partial charge in [-0.05, 0) is 55.0 Å². The van der Waals surface area contributed by atoms with Crippen molar-refractivity contribution in [3.05, 3.63) is 72.6 Å². The zero-order chi connectivity index (χ0) is 24.7. The summed E-state index contributed by atoms with van der Waals surface area (Å²) in [6.07, 6.45) is -9.55. The molecule has 1 N–H and O–H groups in total. The van der Waals surface area contributed by atoms with Crippen LogP contribution in [0.25, 0.3) is 22.5 Å². The summed E-state index contributed by atoms with van der Waals surface area (Å²) < 4.78 is 85.7. The second-order valence-corrected chi connectivity index (χ2v) is 8.53. The minimum atomic E-state index is -5.49. The van der Waals surface area contributed by atoms with Gasteiger partial charge in [0, 0.05) is 22.2 Å². The van der Waals surface area contributed by atoms with Gasteiger partial charge in [-0.2, -0.15) is 31.1 Å². The first-order valence-electron chi connectivity index (χ1n) is 9.79. The number of aryl methyl sites for hydroxylation is 1. The Morgan fingerprint density at radius 2 is 1.56 bits per heavy atom. The van der Waals surface area contributed by atoms with Crippen LogP contribution < -0.4 is 4.74 Å². The average molecular weight is 498 g/mol. The van der Waals surface area contributed by atoms with Crippen molar-refractivity contribution in [2.24, 2.45) is 0 Å². The van der Waals surface area contributed by atoms with Crippen molar-refractivity contribution in [1.82, 2.24) is 9.71 Å². The van der Waals surface area contributed by atoms with E-state index in [1.165, 1.54) is 18.3 Å². The van der Waals surface area contributed by atoms with Gasteiger partial charge in [-0.3, -0.25) is 0 Å². The fourth-order valence-electron chi connectivity index (χ4n) is 3.40. The predicted octanol–water partition coefficient (Wildman–Crippen LogP) is 7.58. The number of ether oxygens (including phenoxy) is 1. The van der Waals surface area contributed by atoms with Crippen molar-refractivity contribution in [2.75, 3.05) is 0 Å². The molecule has 0 radical (unpaired) electrons. The molecule has 0 amide bonds. The summed E-state index contributed by atoms with van der Waals surface area (Å²) in [6.45, 7) is 1.58. The molecule has 0 spiro atoms. The standard InChI is InChI=1S/C23H16F6N2O2S/c1-13-11-17(16-9-10-30-20(16)31(13)32)18-12-15(34-21(22(24,25)26)23(27,28)29)7-8-19(18)33-14-5-3-2-4-6-14/h2-12,21,32H,1H3. The van der Waals surface area contributed by atoms with Crippen molar-refractivity contribution in [3.63, 3.8) is 0 Å². The number of hydrogen-bond donors (Lipinski definition) is 1. The molecule has 0 atom stereocenters. The lowest BCUT2D eigenvalue weighted by atomic mass is 9.98. The number of halogens is 6. The summed E-state index contributed by atoms with van der Waals surface area (Å²) in [4.78, 5) is 3.83. The topological polar surface area (TPSA) is 47.3 Å². The Bertz CT molecular complexity index is 1260. The number of thioether (sulfide) groups is 1. The Morgan fingerprint density at radius 3 is 2.21 bits per heavy atom. The van der Waals surface area contributed by atoms with Crippen molar-refractivity contribution >= 4 is 11.8 Å². The molecule has 2 aromatic carbocycles. The van der Waals surface area contributed by atoms with Gasteiger partial charge >= 0.3 is 12.4 Å². The number of alkyl halides is 6. The lowest BCUT2D eigenvalue weighted by molar-refractivity contribution is -0.223. The highest BCUT2D eigenvalue weighted by atomic mass is 32.2. The quantitative estimate of drug-likeness (QED) is 0.175. The number of aromatic nitrogens is 2. The van der Waals surface area contributed by atoms with E-state index in [1.54, 1.807) is 49.4 Å². The van der Waals surface area contributed by atoms with Crippen LogP contribution in [-0.2, 0) is 0 Å². The molecule has 11 heteroatoms. The van der Waals surface area contributed by atoms with E-state index < -0.39 is 17.6 Å². The van der Waals surface area contributed by atoms with Gasteiger partial charge in [0.2, 0.25) is 5.25 Å². The number of benzene rings is 2. The van der Waals surface area contributed by atoms with E-state index in [-0.39, 0.29) is 33.8 Å². The van der Waals surface area contributed by atoms with Gasteiger partial charge in [0.1, 0.15) is 11.5 Å². The molecule has 0 aliphatic carbocycles. The van der Waals surface area contributed by atoms with Crippen molar-refractivity contribution < 1.29 is 36.3 Å². The van der Waals surface area contributed by atoms with Crippen molar-refractivity contribution in [1.29, 1.82) is 0 Å². The van der Waals surface area contributed by atoms with Gasteiger partial charge in [0.25, 0.3) is 0 Å². The van der Waals surface area contributed by atoms with Crippen molar-refractivity contribution in [2.45, 2.75) is 29.4 Å². The van der Waals surface area contributed by atoms with Gasteiger partial charge in [0.15, 0.2) is 5.82 Å². The summed E-state index contributed by atoms with van der Waals surface area (Å²) in [5, 5.41) is 6.65. The number of nitrogens with zero attached hydrogens (tertiary/aromatic N) is 2. The molecule has 0 bridgehead atoms. The smallest absolute Gasteiger partial charge is 0.409 e. The molecule has 0 aromatic heterocycles. The SMILES string of the molecule is Cc1cc(-c2cc(SC(C(F)(F)F)C(F)(F)F)ccc2Oc2ccccc2)c2ccnc-2n1O. The van der Waals surface area contributed by atoms with E-state index in [0.29, 0.717) is 22.6 Å². The molecule has 2 aliphatic rings. The molecule has 0 fully saturated rings. The molecule has 4 rings (SSSR count). The number of pyridine rings is 1. The monoisotopic (exact) mass is 498 g/mol. The van der Waals surface area contributed by atoms with E-state index in [0.717, 1.165) is 10.8 Å². The lowest BCUT2D eigenvalue weighted by Crippen LogP contribution is -2.39. The van der Waals surface area contributed by atoms with E-state index in [1.807, 2.05) is 0 Å². The molecule has 178 valence electrons. The number of fused-ring (bicyclic) bond motifs is 1. The highest BCUT2D eigenvalue weighted by Gasteiger charge is 2.57. The highest BCUT2D eigenvalue weighted by Crippen LogP contribution is 2.47. The van der Waals surface area contributed by atoms with Crippen LogP contribution >= 0.6 is 11.8 Å². The molecule has 2 aliphatic heterocycles. The Hall–Kier alpha value is -3.34. The first-order chi connectivity index (χ1) is 15.9. The normalized spacial score (nSPS) is 12.5. The predicted molar refractivity (Wildman–Crippen MR) is 114 cm³/mol. The fourth-order valence-corrected chi connectivity index (χ4v) is 4.27. The van der Waals surface area contributed by atoms with Crippen LogP contribution in [0.4, 0.5) is 26.3 Å². The van der Waals surface area contributed by atoms with E-state index in [9.17, 15) is 31.5 Å². The Labute approximate surface area is 194 Å². The van der Waals surface area contributed by atoms with Gasteiger partial charge in [-0.15, -0.1) is 11.8 Å². The summed E-state index contributed by atoms with van der Waals surface area (Å²) in [7, 11) is 0. The Kier molecular flexibility index (Phi) is 6.15. The first-order valence-corrected chi connectivity index (χ1v) is 10.7. The zero-order valence-electron chi connectivity index (χ0n) is 17.4. The third kappa shape index (κ3) is 4.79. The zero-order valence-corrected chi connectivity index (χ0v) is 18.2. The molecule has 0 saturated carbocycles. The average Bonchev–Trinajstić information content (AvgIpc) is 3.25. The molecule has 2 aromatic rings. The summed E-state index contributed by atoms with van der Waals surface area (Å²) >= 11 is -0.335. The second kappa shape index (κ2) is 8.79. The number of rotatable bonds is 5. The van der Waals surface area contributed by atoms with Crippen LogP contribution in [0.3, 0.4) is 0 Å². The number of para-hydroxylation sites is 1. The van der Waals surface area contributed by atoms with Gasteiger partial charge in [-0.25, -0.2) is 4.98 Å². The second-order valence-electron chi connectivity index (χ2n) is 7.35. The molecule has 0 saturated heterocycles. The highest BCUT2D eigenvalue weighted by molar-refractivity contribution is 8.00. The maximum absolute atomic E-state index is 13.2. The Morgan fingerprint density at radius 1 is 0.882 bits per heavy atom. The van der Waals surface area contributed by atoms with Gasteiger partial charge in [-0.1, -0.05) is 18.2 Å². The molecule has 2 heterocycles. The van der Waals surface area contributed by atoms with E-state index in [4.69, 9.17) is 4.74 Å². The summed E-state index contributed by atoms with van der Waals surface area (Å²) in [6, 6.07) is 15.4. The maximum Gasteiger partial charge on any atom is 0.409 e. The molecule has 0 unspecified atom stereocenters. The van der Waals surface area contributed by atoms with Gasteiger partial charge in [0.05, 0.1) is 5.69 Å². The van der Waals surface area contributed by atoms with Gasteiger partial charge < -0.3 is 9.94 Å². The summed E-state index contributed by atoms with van der Waals surface area (Å²) in [5.41, 5.74) is 1.47. The largest absolute Gasteiger partial charge is 0.457 e. The van der Waals surface area contributed by atoms with E-state index in [2.05, 4.69) is 4.98 Å². The fraction of sp³-hybridized carbons (Fsp3) is 0.174. The van der Waals surface area contributed by atoms with Crippen LogP contribution in [0.2, 0.25) is 0 Å². The molecule has 4 nitrogen and oxygen atoms in total. The third-order valence-electron chi connectivity index (χ3n) is 4.92. The van der Waals surface area contributed by atoms with Crippen LogP contribution in [0.15, 0.2) is 71.8 Å². The molecular weight excluding hydrogens is 482 g/mol. The van der Waals surface area contributed by atoms with E-state index >= 15 is 0 Å². The minimum Gasteiger partial charge on any atom is -0.457 e. The summed E-state index contributed by atoms with van der Waals surface area (Å²) in [5.74, 6) is 0.820. The van der Waals surface area contributed by atoms with Crippen LogP contribution in [0.1, 0.15) is 5.69 Å². The van der Waals surface area contributed by atoms with Crippen molar-refractivity contribution in [3.8, 4) is 34.0 Å². The van der Waals surface area contributed by atoms with Crippen LogP contribution in [-0.4, -0.2) is 32.5 Å². The maximum atomic E-state index is 13.2. The lowest BCUT2D eigenvalue weighted by Gasteiger charge is -2.23. The Balaban J connectivity index is 1.86. The third-order valence-corrected chi connectivity index (χ3v) is 6.21. The minimum absolute atomic E-state index is 0.183. The number of hydrogen-bond acceptors (Lipinski definition) is 4. The molecule has 34 heavy (non-hydrogen) atoms. The molecular formula is C23H16F6N2O2S. The van der Waals surface area contributed by atoms with Crippen LogP contribution in [0, 0.1) is 6.92 Å². The van der Waals surface area contributed by atoms with Crippen LogP contribution in [0.5, 0.6) is 11.5 Å².